The van der Waals surface area contributed by atoms with Gasteiger partial charge < -0.3 is 4.74 Å². The molecule has 0 unspecified atom stereocenters. The van der Waals surface area contributed by atoms with Gasteiger partial charge in [-0.3, -0.25) is 4.79 Å². The molecule has 0 aliphatic carbocycles. The van der Waals surface area contributed by atoms with Crippen LogP contribution in [0.4, 0.5) is 22.0 Å². The fourth-order valence-corrected chi connectivity index (χ4v) is 3.93. The number of hydrogen-bond acceptors (Lipinski definition) is 2. The zero-order chi connectivity index (χ0) is 21.9. The Labute approximate surface area is 171 Å². The summed E-state index contributed by atoms with van der Waals surface area (Å²) in [5.74, 6) is -13.8. The first-order valence-electron chi connectivity index (χ1n) is 9.24. The molecule has 154 valence electrons. The number of ether oxygens (including phenoxy) is 1. The van der Waals surface area contributed by atoms with Gasteiger partial charge in [0.1, 0.15) is 0 Å². The molecule has 0 radical (unpaired) electrons. The third-order valence-corrected chi connectivity index (χ3v) is 5.34. The second kappa shape index (κ2) is 6.91. The van der Waals surface area contributed by atoms with Gasteiger partial charge in [0.05, 0.1) is 6.42 Å². The van der Waals surface area contributed by atoms with Crippen molar-refractivity contribution in [1.29, 1.82) is 0 Å². The minimum Gasteiger partial charge on any atom is -0.420 e. The first-order valence-corrected chi connectivity index (χ1v) is 9.24. The Hall–Kier alpha value is -3.74. The third kappa shape index (κ3) is 2.88. The molecule has 0 spiro atoms. The van der Waals surface area contributed by atoms with E-state index < -0.39 is 47.2 Å². The van der Waals surface area contributed by atoms with Gasteiger partial charge in [-0.05, 0) is 37.9 Å². The summed E-state index contributed by atoms with van der Waals surface area (Å²) in [6, 6.07) is 17.0. The highest BCUT2D eigenvalue weighted by Crippen LogP contribution is 2.36. The molecule has 7 heteroatoms. The summed E-state index contributed by atoms with van der Waals surface area (Å²) < 4.78 is 72.1. The van der Waals surface area contributed by atoms with Crippen molar-refractivity contribution in [2.75, 3.05) is 0 Å². The molecule has 0 aliphatic heterocycles. The van der Waals surface area contributed by atoms with Crippen LogP contribution < -0.4 is 4.74 Å². The number of carbonyl (C=O) groups is 1. The van der Waals surface area contributed by atoms with Crippen LogP contribution in [0.3, 0.4) is 0 Å². The van der Waals surface area contributed by atoms with Crippen LogP contribution in [0.2, 0.25) is 0 Å². The molecule has 5 rings (SSSR count). The largest absolute Gasteiger partial charge is 0.420 e. The van der Waals surface area contributed by atoms with Crippen molar-refractivity contribution < 1.29 is 31.5 Å². The van der Waals surface area contributed by atoms with Crippen LogP contribution in [0.1, 0.15) is 5.56 Å². The zero-order valence-electron chi connectivity index (χ0n) is 15.6. The normalized spacial score (nSPS) is 11.6. The molecule has 0 aromatic heterocycles. The van der Waals surface area contributed by atoms with Gasteiger partial charge in [-0.1, -0.05) is 54.6 Å². The number of benzene rings is 5. The van der Waals surface area contributed by atoms with Crippen LogP contribution in [0.15, 0.2) is 54.6 Å². The van der Waals surface area contributed by atoms with E-state index in [-0.39, 0.29) is 0 Å². The summed E-state index contributed by atoms with van der Waals surface area (Å²) in [5.41, 5.74) is 0.500. The molecule has 0 fully saturated rings. The summed E-state index contributed by atoms with van der Waals surface area (Å²) >= 11 is 0. The van der Waals surface area contributed by atoms with Crippen LogP contribution in [-0.2, 0) is 11.2 Å². The summed E-state index contributed by atoms with van der Waals surface area (Å²) in [6.07, 6.45) is -0.423. The van der Waals surface area contributed by atoms with Crippen molar-refractivity contribution in [2.24, 2.45) is 0 Å². The smallest absolute Gasteiger partial charge is 0.315 e. The minimum atomic E-state index is -2.32. The molecular weight excluding hydrogens is 415 g/mol. The summed E-state index contributed by atoms with van der Waals surface area (Å²) in [6.45, 7) is 0. The monoisotopic (exact) mass is 426 g/mol. The first kappa shape index (κ1) is 19.2. The van der Waals surface area contributed by atoms with Gasteiger partial charge in [0, 0.05) is 0 Å². The first-order chi connectivity index (χ1) is 14.9. The minimum absolute atomic E-state index is 0.423. The molecule has 5 aromatic carbocycles. The number of halogens is 5. The Bertz CT molecular complexity index is 1460. The number of carbonyl (C=O) groups excluding carboxylic acids is 1. The topological polar surface area (TPSA) is 26.3 Å². The Morgan fingerprint density at radius 2 is 1.16 bits per heavy atom. The molecule has 2 nitrogen and oxygen atoms in total. The summed E-state index contributed by atoms with van der Waals surface area (Å²) in [7, 11) is 0. The average Bonchev–Trinajstić information content (AvgIpc) is 2.78. The Balaban J connectivity index is 1.57. The van der Waals surface area contributed by atoms with Gasteiger partial charge in [0.25, 0.3) is 0 Å². The van der Waals surface area contributed by atoms with Crippen molar-refractivity contribution in [2.45, 2.75) is 6.42 Å². The van der Waals surface area contributed by atoms with Crippen LogP contribution in [0.5, 0.6) is 5.75 Å². The molecular formula is C24H11F5O2. The number of hydrogen-bond donors (Lipinski definition) is 0. The SMILES string of the molecule is O=C(Cc1ccc2ccc3cccc4ccc1c2c34)Oc1c(F)c(F)c(F)c(F)c1F. The van der Waals surface area contributed by atoms with E-state index >= 15 is 0 Å². The third-order valence-electron chi connectivity index (χ3n) is 5.34. The second-order valence-electron chi connectivity index (χ2n) is 7.13. The average molecular weight is 426 g/mol. The van der Waals surface area contributed by atoms with E-state index in [9.17, 15) is 26.7 Å². The molecule has 31 heavy (non-hydrogen) atoms. The van der Waals surface area contributed by atoms with E-state index in [2.05, 4.69) is 4.74 Å². The van der Waals surface area contributed by atoms with Gasteiger partial charge >= 0.3 is 5.97 Å². The van der Waals surface area contributed by atoms with Crippen molar-refractivity contribution in [1.82, 2.24) is 0 Å². The molecule has 0 saturated carbocycles. The van der Waals surface area contributed by atoms with Gasteiger partial charge in [-0.15, -0.1) is 0 Å². The van der Waals surface area contributed by atoms with E-state index in [1.54, 1.807) is 12.1 Å². The number of esters is 1. The summed E-state index contributed by atoms with van der Waals surface area (Å²) in [4.78, 5) is 12.4. The maximum absolute atomic E-state index is 13.8. The molecule has 0 heterocycles. The Morgan fingerprint density at radius 1 is 0.645 bits per heavy atom. The maximum Gasteiger partial charge on any atom is 0.315 e. The predicted molar refractivity (Wildman–Crippen MR) is 106 cm³/mol. The maximum atomic E-state index is 13.8. The lowest BCUT2D eigenvalue weighted by Gasteiger charge is -2.14. The summed E-state index contributed by atoms with van der Waals surface area (Å²) in [5, 5.41) is 5.62. The van der Waals surface area contributed by atoms with Crippen molar-refractivity contribution in [3.63, 3.8) is 0 Å². The van der Waals surface area contributed by atoms with Gasteiger partial charge in [0.2, 0.25) is 34.8 Å². The highest BCUT2D eigenvalue weighted by atomic mass is 19.2. The predicted octanol–water partition coefficient (Wildman–Crippen LogP) is 6.43. The lowest BCUT2D eigenvalue weighted by Crippen LogP contribution is -2.15. The zero-order valence-corrected chi connectivity index (χ0v) is 15.6. The van der Waals surface area contributed by atoms with Gasteiger partial charge in [-0.25, -0.2) is 13.2 Å². The van der Waals surface area contributed by atoms with Crippen LogP contribution in [0.25, 0.3) is 32.3 Å². The second-order valence-corrected chi connectivity index (χ2v) is 7.13. The number of rotatable bonds is 3. The van der Waals surface area contributed by atoms with Gasteiger partial charge in [-0.2, -0.15) is 8.78 Å². The highest BCUT2D eigenvalue weighted by molar-refractivity contribution is 6.23. The van der Waals surface area contributed by atoms with E-state index in [4.69, 9.17) is 0 Å². The van der Waals surface area contributed by atoms with E-state index in [0.29, 0.717) is 5.56 Å². The van der Waals surface area contributed by atoms with E-state index in [1.807, 2.05) is 42.5 Å². The highest BCUT2D eigenvalue weighted by Gasteiger charge is 2.28. The van der Waals surface area contributed by atoms with Crippen LogP contribution in [-0.4, -0.2) is 5.97 Å². The van der Waals surface area contributed by atoms with Crippen LogP contribution in [0, 0.1) is 29.1 Å². The van der Waals surface area contributed by atoms with Gasteiger partial charge in [0.15, 0.2) is 0 Å². The Kier molecular flexibility index (Phi) is 4.28. The van der Waals surface area contributed by atoms with Crippen molar-refractivity contribution in [3.05, 3.63) is 89.2 Å². The molecule has 5 aromatic rings. The van der Waals surface area contributed by atoms with Crippen LogP contribution >= 0.6 is 0 Å². The Morgan fingerprint density at radius 3 is 1.81 bits per heavy atom. The van der Waals surface area contributed by atoms with E-state index in [0.717, 1.165) is 32.3 Å². The molecule has 0 amide bonds. The molecule has 0 aliphatic rings. The van der Waals surface area contributed by atoms with Crippen molar-refractivity contribution in [3.8, 4) is 5.75 Å². The molecule has 0 N–H and O–H groups in total. The molecule has 0 atom stereocenters. The molecule has 0 saturated heterocycles. The molecule has 0 bridgehead atoms. The fourth-order valence-electron chi connectivity index (χ4n) is 3.93. The lowest BCUT2D eigenvalue weighted by atomic mass is 9.91. The van der Waals surface area contributed by atoms with E-state index in [1.165, 1.54) is 0 Å². The lowest BCUT2D eigenvalue weighted by molar-refractivity contribution is -0.134. The quantitative estimate of drug-likeness (QED) is 0.0830. The standard InChI is InChI=1S/C24H11F5O2/c25-19-20(26)22(28)24(23(29)21(19)27)31-16(30)10-14-7-6-13-5-4-11-2-1-3-12-8-9-15(14)18(13)17(11)12/h1-9H,10H2. The fraction of sp³-hybridized carbons (Fsp3) is 0.0417. The van der Waals surface area contributed by atoms with Crippen molar-refractivity contribution >= 4 is 38.3 Å².